The summed E-state index contributed by atoms with van der Waals surface area (Å²) in [5, 5.41) is 24.2. The van der Waals surface area contributed by atoms with E-state index in [2.05, 4.69) is 10.5 Å². The first-order valence-electron chi connectivity index (χ1n) is 8.17. The second-order valence-corrected chi connectivity index (χ2v) is 6.49. The van der Waals surface area contributed by atoms with E-state index in [-0.39, 0.29) is 17.1 Å². The first-order chi connectivity index (χ1) is 12.9. The number of benzene rings is 2. The number of rotatable bonds is 4. The molecule has 3 rings (SSSR count). The zero-order valence-corrected chi connectivity index (χ0v) is 15.5. The van der Waals surface area contributed by atoms with Crippen molar-refractivity contribution in [1.82, 2.24) is 9.99 Å². The number of aryl methyl sites for hydroxylation is 2. The van der Waals surface area contributed by atoms with E-state index in [1.165, 1.54) is 30.5 Å². The molecule has 0 aliphatic heterocycles. The monoisotopic (exact) mass is 383 g/mol. The summed E-state index contributed by atoms with van der Waals surface area (Å²) in [6.45, 7) is 3.93. The Hall–Kier alpha value is -3.25. The van der Waals surface area contributed by atoms with Gasteiger partial charge >= 0.3 is 0 Å². The summed E-state index contributed by atoms with van der Waals surface area (Å²) in [6, 6.07) is 13.3. The summed E-state index contributed by atoms with van der Waals surface area (Å²) < 4.78 is 1.97. The van der Waals surface area contributed by atoms with E-state index < -0.39 is 5.91 Å². The van der Waals surface area contributed by atoms with Gasteiger partial charge in [0.1, 0.15) is 11.5 Å². The zero-order valence-electron chi connectivity index (χ0n) is 14.8. The lowest BCUT2D eigenvalue weighted by Gasteiger charge is -2.11. The van der Waals surface area contributed by atoms with Gasteiger partial charge < -0.3 is 14.8 Å². The van der Waals surface area contributed by atoms with Gasteiger partial charge in [-0.25, -0.2) is 5.43 Å². The molecule has 0 unspecified atom stereocenters. The van der Waals surface area contributed by atoms with Crippen molar-refractivity contribution in [1.29, 1.82) is 0 Å². The van der Waals surface area contributed by atoms with Crippen LogP contribution in [0, 0.1) is 13.8 Å². The molecule has 0 saturated heterocycles. The molecule has 2 aromatic carbocycles. The third-order valence-electron chi connectivity index (χ3n) is 4.11. The Labute approximate surface area is 161 Å². The number of phenols is 2. The van der Waals surface area contributed by atoms with E-state index in [0.717, 1.165) is 17.1 Å². The number of aromatic nitrogens is 1. The topological polar surface area (TPSA) is 86.9 Å². The van der Waals surface area contributed by atoms with Crippen molar-refractivity contribution in [3.8, 4) is 17.2 Å². The predicted octanol–water partition coefficient (Wildman–Crippen LogP) is 3.92. The number of amides is 1. The van der Waals surface area contributed by atoms with Crippen molar-refractivity contribution in [2.45, 2.75) is 13.8 Å². The number of nitrogens with zero attached hydrogens (tertiary/aromatic N) is 2. The molecule has 0 spiro atoms. The summed E-state index contributed by atoms with van der Waals surface area (Å²) in [5.74, 6) is -0.738. The molecule has 1 heterocycles. The molecule has 0 atom stereocenters. The molecular formula is C20H18ClN3O3. The average molecular weight is 384 g/mol. The van der Waals surface area contributed by atoms with Gasteiger partial charge in [-0.05, 0) is 56.3 Å². The standard InChI is InChI=1S/C20H18ClN3O3/c1-12-3-4-13(2)24(12)16-6-7-17(19(26)10-16)20(27)23-22-11-14-9-15(21)5-8-18(14)25/h3-11,25-26H,1-2H3,(H,23,27). The Balaban J connectivity index is 1.77. The Morgan fingerprint density at radius 1 is 1.04 bits per heavy atom. The Bertz CT molecular complexity index is 1020. The third-order valence-corrected chi connectivity index (χ3v) is 4.35. The minimum atomic E-state index is -0.572. The Morgan fingerprint density at radius 2 is 1.74 bits per heavy atom. The van der Waals surface area contributed by atoms with Crippen LogP contribution in [-0.4, -0.2) is 26.9 Å². The van der Waals surface area contributed by atoms with E-state index in [4.69, 9.17) is 11.6 Å². The van der Waals surface area contributed by atoms with Gasteiger partial charge in [0.05, 0.1) is 11.8 Å². The number of carbonyl (C=O) groups is 1. The van der Waals surface area contributed by atoms with Gasteiger partial charge in [0.25, 0.3) is 5.91 Å². The lowest BCUT2D eigenvalue weighted by molar-refractivity contribution is 0.0952. The van der Waals surface area contributed by atoms with Crippen LogP contribution in [0.4, 0.5) is 0 Å². The first kappa shape index (κ1) is 18.5. The van der Waals surface area contributed by atoms with Crippen molar-refractivity contribution in [2.75, 3.05) is 0 Å². The van der Waals surface area contributed by atoms with Gasteiger partial charge in [-0.1, -0.05) is 11.6 Å². The highest BCUT2D eigenvalue weighted by Crippen LogP contribution is 2.24. The number of phenolic OH excluding ortho intramolecular Hbond substituents is 2. The Kier molecular flexibility index (Phi) is 5.19. The molecule has 1 aromatic heterocycles. The average Bonchev–Trinajstić information content (AvgIpc) is 2.96. The van der Waals surface area contributed by atoms with Gasteiger partial charge in [-0.3, -0.25) is 4.79 Å². The van der Waals surface area contributed by atoms with Gasteiger partial charge in [-0.15, -0.1) is 0 Å². The fourth-order valence-corrected chi connectivity index (χ4v) is 2.96. The molecule has 0 saturated carbocycles. The van der Waals surface area contributed by atoms with Gasteiger partial charge in [0, 0.05) is 33.7 Å². The quantitative estimate of drug-likeness (QED) is 0.471. The molecule has 3 aromatic rings. The molecule has 3 N–H and O–H groups in total. The van der Waals surface area contributed by atoms with Crippen molar-refractivity contribution in [3.63, 3.8) is 0 Å². The normalized spacial score (nSPS) is 11.1. The molecule has 0 radical (unpaired) electrons. The minimum Gasteiger partial charge on any atom is -0.507 e. The highest BCUT2D eigenvalue weighted by atomic mass is 35.5. The van der Waals surface area contributed by atoms with E-state index >= 15 is 0 Å². The van der Waals surface area contributed by atoms with Crippen molar-refractivity contribution in [2.24, 2.45) is 5.10 Å². The molecule has 6 nitrogen and oxygen atoms in total. The largest absolute Gasteiger partial charge is 0.507 e. The van der Waals surface area contributed by atoms with Crippen molar-refractivity contribution < 1.29 is 15.0 Å². The fraction of sp³-hybridized carbons (Fsp3) is 0.100. The lowest BCUT2D eigenvalue weighted by atomic mass is 10.1. The molecule has 0 fully saturated rings. The van der Waals surface area contributed by atoms with E-state index in [0.29, 0.717) is 10.6 Å². The molecule has 0 aliphatic rings. The summed E-state index contributed by atoms with van der Waals surface area (Å²) in [5.41, 5.74) is 5.58. The predicted molar refractivity (Wildman–Crippen MR) is 105 cm³/mol. The number of nitrogens with one attached hydrogen (secondary N) is 1. The molecule has 0 aliphatic carbocycles. The summed E-state index contributed by atoms with van der Waals surface area (Å²) in [4.78, 5) is 12.3. The number of carbonyl (C=O) groups excluding carboxylic acids is 1. The molecule has 138 valence electrons. The van der Waals surface area contributed by atoms with Crippen LogP contribution in [-0.2, 0) is 0 Å². The maximum atomic E-state index is 12.3. The molecule has 1 amide bonds. The van der Waals surface area contributed by atoms with Crippen LogP contribution in [0.1, 0.15) is 27.3 Å². The summed E-state index contributed by atoms with van der Waals surface area (Å²) in [7, 11) is 0. The van der Waals surface area contributed by atoms with Crippen molar-refractivity contribution >= 4 is 23.7 Å². The third kappa shape index (κ3) is 3.96. The molecular weight excluding hydrogens is 366 g/mol. The van der Waals surface area contributed by atoms with E-state index in [1.807, 2.05) is 30.5 Å². The number of aromatic hydroxyl groups is 2. The molecule has 27 heavy (non-hydrogen) atoms. The highest BCUT2D eigenvalue weighted by molar-refractivity contribution is 6.30. The number of hydrazone groups is 1. The highest BCUT2D eigenvalue weighted by Gasteiger charge is 2.13. The summed E-state index contributed by atoms with van der Waals surface area (Å²) >= 11 is 5.86. The smallest absolute Gasteiger partial charge is 0.275 e. The second-order valence-electron chi connectivity index (χ2n) is 6.06. The number of hydrogen-bond acceptors (Lipinski definition) is 4. The van der Waals surface area contributed by atoms with Gasteiger partial charge in [-0.2, -0.15) is 5.10 Å². The zero-order chi connectivity index (χ0) is 19.6. The Morgan fingerprint density at radius 3 is 2.41 bits per heavy atom. The van der Waals surface area contributed by atoms with Crippen LogP contribution in [0.15, 0.2) is 53.6 Å². The second kappa shape index (κ2) is 7.55. The maximum Gasteiger partial charge on any atom is 0.275 e. The van der Waals surface area contributed by atoms with Crippen LogP contribution in [0.3, 0.4) is 0 Å². The van der Waals surface area contributed by atoms with Crippen LogP contribution in [0.5, 0.6) is 11.5 Å². The lowest BCUT2D eigenvalue weighted by Crippen LogP contribution is -2.18. The molecule has 7 heteroatoms. The first-order valence-corrected chi connectivity index (χ1v) is 8.55. The van der Waals surface area contributed by atoms with Crippen LogP contribution < -0.4 is 5.43 Å². The minimum absolute atomic E-state index is 0.0120. The van der Waals surface area contributed by atoms with Crippen LogP contribution >= 0.6 is 11.6 Å². The van der Waals surface area contributed by atoms with E-state index in [1.54, 1.807) is 12.1 Å². The fourth-order valence-electron chi connectivity index (χ4n) is 2.78. The van der Waals surface area contributed by atoms with Gasteiger partial charge in [0.15, 0.2) is 0 Å². The SMILES string of the molecule is Cc1ccc(C)n1-c1ccc(C(=O)NN=Cc2cc(Cl)ccc2O)c(O)c1. The maximum absolute atomic E-state index is 12.3. The number of hydrogen-bond donors (Lipinski definition) is 3. The van der Waals surface area contributed by atoms with E-state index in [9.17, 15) is 15.0 Å². The van der Waals surface area contributed by atoms with Gasteiger partial charge in [0.2, 0.25) is 0 Å². The van der Waals surface area contributed by atoms with Crippen LogP contribution in [0.25, 0.3) is 5.69 Å². The summed E-state index contributed by atoms with van der Waals surface area (Å²) in [6.07, 6.45) is 1.27. The van der Waals surface area contributed by atoms with Crippen molar-refractivity contribution in [3.05, 3.63) is 76.1 Å². The number of halogens is 1. The van der Waals surface area contributed by atoms with Crippen LogP contribution in [0.2, 0.25) is 5.02 Å². The molecule has 0 bridgehead atoms.